The summed E-state index contributed by atoms with van der Waals surface area (Å²) in [4.78, 5) is 14.5. The van der Waals surface area contributed by atoms with E-state index in [-0.39, 0.29) is 17.9 Å². The number of nitrogens with zero attached hydrogens (tertiary/aromatic N) is 4. The maximum atomic E-state index is 12.5. The van der Waals surface area contributed by atoms with Gasteiger partial charge >= 0.3 is 0 Å². The lowest BCUT2D eigenvalue weighted by Crippen LogP contribution is -2.42. The van der Waals surface area contributed by atoms with Crippen LogP contribution >= 0.6 is 0 Å². The van der Waals surface area contributed by atoms with Crippen LogP contribution < -0.4 is 5.73 Å². The molecule has 6 heteroatoms. The fourth-order valence-electron chi connectivity index (χ4n) is 3.19. The lowest BCUT2D eigenvalue weighted by atomic mass is 9.95. The van der Waals surface area contributed by atoms with Crippen molar-refractivity contribution in [2.75, 3.05) is 13.1 Å². The second-order valence-electron chi connectivity index (χ2n) is 5.81. The van der Waals surface area contributed by atoms with Gasteiger partial charge in [0.05, 0.1) is 5.92 Å². The van der Waals surface area contributed by atoms with E-state index in [0.717, 1.165) is 38.2 Å². The number of hydrogen-bond acceptors (Lipinski definition) is 4. The predicted octanol–water partition coefficient (Wildman–Crippen LogP) is 0.424. The van der Waals surface area contributed by atoms with Gasteiger partial charge in [0.25, 0.3) is 0 Å². The van der Waals surface area contributed by atoms with Crippen LogP contribution in [0.2, 0.25) is 0 Å². The molecule has 0 saturated carbocycles. The molecule has 2 N–H and O–H groups in total. The number of hydrogen-bond donors (Lipinski definition) is 1. The third-order valence-electron chi connectivity index (χ3n) is 4.28. The normalized spacial score (nSPS) is 29.9. The summed E-state index contributed by atoms with van der Waals surface area (Å²) >= 11 is 0. The zero-order chi connectivity index (χ0) is 14.1. The molecule has 1 aromatic rings. The fraction of sp³-hybridized carbons (Fsp3) is 0.643. The summed E-state index contributed by atoms with van der Waals surface area (Å²) < 4.78 is 1.95. The van der Waals surface area contributed by atoms with E-state index in [9.17, 15) is 4.79 Å². The first kappa shape index (κ1) is 13.3. The molecule has 3 atom stereocenters. The molecule has 1 fully saturated rings. The third-order valence-corrected chi connectivity index (χ3v) is 4.28. The van der Waals surface area contributed by atoms with E-state index in [4.69, 9.17) is 5.73 Å². The van der Waals surface area contributed by atoms with Gasteiger partial charge in [0, 0.05) is 32.1 Å². The van der Waals surface area contributed by atoms with Crippen LogP contribution in [0.3, 0.4) is 0 Å². The van der Waals surface area contributed by atoms with E-state index >= 15 is 0 Å². The molecule has 2 aliphatic rings. The van der Waals surface area contributed by atoms with Crippen molar-refractivity contribution in [2.45, 2.75) is 31.2 Å². The summed E-state index contributed by atoms with van der Waals surface area (Å²) in [5.41, 5.74) is 5.84. The van der Waals surface area contributed by atoms with E-state index < -0.39 is 0 Å². The summed E-state index contributed by atoms with van der Waals surface area (Å²) in [5.74, 6) is 1.43. The van der Waals surface area contributed by atoms with Gasteiger partial charge in [-0.25, -0.2) is 0 Å². The van der Waals surface area contributed by atoms with Crippen LogP contribution in [0.1, 0.15) is 31.0 Å². The van der Waals surface area contributed by atoms with E-state index in [1.165, 1.54) is 0 Å². The van der Waals surface area contributed by atoms with Crippen molar-refractivity contribution in [2.24, 2.45) is 18.7 Å². The predicted molar refractivity (Wildman–Crippen MR) is 74.8 cm³/mol. The first-order valence-corrected chi connectivity index (χ1v) is 7.21. The molecule has 3 unspecified atom stereocenters. The van der Waals surface area contributed by atoms with Crippen molar-refractivity contribution in [3.05, 3.63) is 24.3 Å². The number of rotatable bonds is 2. The molecule has 20 heavy (non-hydrogen) atoms. The quantitative estimate of drug-likeness (QED) is 0.794. The van der Waals surface area contributed by atoms with Gasteiger partial charge in [-0.05, 0) is 19.3 Å². The lowest BCUT2D eigenvalue weighted by molar-refractivity contribution is -0.135. The number of aromatic nitrogens is 3. The van der Waals surface area contributed by atoms with Gasteiger partial charge in [-0.1, -0.05) is 12.2 Å². The van der Waals surface area contributed by atoms with Crippen LogP contribution in [-0.4, -0.2) is 44.7 Å². The smallest absolute Gasteiger partial charge is 0.229 e. The Balaban J connectivity index is 1.68. The maximum absolute atomic E-state index is 12.5. The first-order valence-electron chi connectivity index (χ1n) is 7.21. The standard InChI is InChI=1S/C14H21N5O/c1-18-9-16-17-13(18)11-3-2-6-19(8-11)14(20)10-4-5-12(15)7-10/h4-5,9-12H,2-3,6-8,15H2,1H3. The van der Waals surface area contributed by atoms with Crippen LogP contribution in [0.25, 0.3) is 0 Å². The number of amides is 1. The highest BCUT2D eigenvalue weighted by atomic mass is 16.2. The average Bonchev–Trinajstić information content (AvgIpc) is 3.07. The van der Waals surface area contributed by atoms with Crippen molar-refractivity contribution in [1.82, 2.24) is 19.7 Å². The number of nitrogens with two attached hydrogens (primary N) is 1. The Morgan fingerprint density at radius 3 is 2.95 bits per heavy atom. The summed E-state index contributed by atoms with van der Waals surface area (Å²) in [7, 11) is 1.95. The van der Waals surface area contributed by atoms with Crippen molar-refractivity contribution in [1.29, 1.82) is 0 Å². The minimum atomic E-state index is -0.0387. The van der Waals surface area contributed by atoms with Gasteiger partial charge in [0.2, 0.25) is 5.91 Å². The molecule has 3 rings (SSSR count). The average molecular weight is 275 g/mol. The number of carbonyl (C=O) groups excluding carboxylic acids is 1. The zero-order valence-electron chi connectivity index (χ0n) is 11.8. The van der Waals surface area contributed by atoms with Gasteiger partial charge in [-0.2, -0.15) is 0 Å². The first-order chi connectivity index (χ1) is 9.65. The van der Waals surface area contributed by atoms with Crippen LogP contribution in [0.5, 0.6) is 0 Å². The van der Waals surface area contributed by atoms with E-state index in [0.29, 0.717) is 5.92 Å². The molecule has 0 bridgehead atoms. The number of piperidine rings is 1. The van der Waals surface area contributed by atoms with Crippen LogP contribution in [0.15, 0.2) is 18.5 Å². The lowest BCUT2D eigenvalue weighted by Gasteiger charge is -2.33. The van der Waals surface area contributed by atoms with Crippen molar-refractivity contribution in [3.8, 4) is 0 Å². The Labute approximate surface area is 118 Å². The summed E-state index contributed by atoms with van der Waals surface area (Å²) in [6, 6.07) is 0.0308. The highest BCUT2D eigenvalue weighted by molar-refractivity contribution is 5.81. The molecule has 1 aliphatic heterocycles. The Kier molecular flexibility index (Phi) is 3.56. The van der Waals surface area contributed by atoms with Gasteiger partial charge in [-0.3, -0.25) is 4.79 Å². The molecule has 1 aliphatic carbocycles. The molecule has 6 nitrogen and oxygen atoms in total. The van der Waals surface area contributed by atoms with E-state index in [2.05, 4.69) is 10.2 Å². The maximum Gasteiger partial charge on any atom is 0.229 e. The second kappa shape index (κ2) is 5.36. The molecule has 0 radical (unpaired) electrons. The SMILES string of the molecule is Cn1cnnc1C1CCCN(C(=O)C2C=CC(N)C2)C1. The van der Waals surface area contributed by atoms with E-state index in [1.807, 2.05) is 28.7 Å². The van der Waals surface area contributed by atoms with E-state index in [1.54, 1.807) is 6.33 Å². The minimum Gasteiger partial charge on any atom is -0.341 e. The van der Waals surface area contributed by atoms with Crippen molar-refractivity contribution < 1.29 is 4.79 Å². The summed E-state index contributed by atoms with van der Waals surface area (Å²) in [6.45, 7) is 1.58. The van der Waals surface area contributed by atoms with Crippen molar-refractivity contribution >= 4 is 5.91 Å². The number of carbonyl (C=O) groups is 1. The molecule has 2 heterocycles. The summed E-state index contributed by atoms with van der Waals surface area (Å²) in [6.07, 6.45) is 8.44. The van der Waals surface area contributed by atoms with Crippen LogP contribution in [0.4, 0.5) is 0 Å². The number of likely N-dealkylation sites (tertiary alicyclic amines) is 1. The Morgan fingerprint density at radius 1 is 1.45 bits per heavy atom. The summed E-state index contributed by atoms with van der Waals surface area (Å²) in [5, 5.41) is 8.12. The van der Waals surface area contributed by atoms with Crippen molar-refractivity contribution in [3.63, 3.8) is 0 Å². The monoisotopic (exact) mass is 275 g/mol. The zero-order valence-corrected chi connectivity index (χ0v) is 11.8. The molecule has 1 aromatic heterocycles. The van der Waals surface area contributed by atoms with Gasteiger partial charge in [0.1, 0.15) is 12.2 Å². The molecule has 108 valence electrons. The molecule has 0 aromatic carbocycles. The molecular formula is C14H21N5O. The fourth-order valence-corrected chi connectivity index (χ4v) is 3.19. The highest BCUT2D eigenvalue weighted by Crippen LogP contribution is 2.27. The second-order valence-corrected chi connectivity index (χ2v) is 5.81. The van der Waals surface area contributed by atoms with Gasteiger partial charge in [0.15, 0.2) is 0 Å². The molecule has 1 amide bonds. The Bertz CT molecular complexity index is 523. The third kappa shape index (κ3) is 2.47. The van der Waals surface area contributed by atoms with Crippen LogP contribution in [-0.2, 0) is 11.8 Å². The largest absolute Gasteiger partial charge is 0.341 e. The van der Waals surface area contributed by atoms with Crippen LogP contribution in [0, 0.1) is 5.92 Å². The molecule has 1 saturated heterocycles. The number of aryl methyl sites for hydroxylation is 1. The highest BCUT2D eigenvalue weighted by Gasteiger charge is 2.32. The van der Waals surface area contributed by atoms with Gasteiger partial charge in [-0.15, -0.1) is 10.2 Å². The molecular weight excluding hydrogens is 254 g/mol. The molecule has 0 spiro atoms. The Morgan fingerprint density at radius 2 is 2.30 bits per heavy atom. The minimum absolute atomic E-state index is 0.0308. The van der Waals surface area contributed by atoms with Gasteiger partial charge < -0.3 is 15.2 Å². The topological polar surface area (TPSA) is 77.0 Å². The Hall–Kier alpha value is -1.69.